The first-order valence-electron chi connectivity index (χ1n) is 11.7. The smallest absolute Gasteiger partial charge is 0.220 e. The minimum atomic E-state index is -0.541. The Labute approximate surface area is 206 Å². The van der Waals surface area contributed by atoms with Gasteiger partial charge in [-0.3, -0.25) is 5.41 Å². The van der Waals surface area contributed by atoms with Gasteiger partial charge in [0.15, 0.2) is 0 Å². The third-order valence-electron chi connectivity index (χ3n) is 5.12. The Balaban J connectivity index is 0.00000167. The van der Waals surface area contributed by atoms with Gasteiger partial charge in [-0.1, -0.05) is 40.7 Å². The van der Waals surface area contributed by atoms with E-state index in [1.165, 1.54) is 6.20 Å². The van der Waals surface area contributed by atoms with Crippen LogP contribution in [0, 0.1) is 16.8 Å². The Kier molecular flexibility index (Phi) is 8.40. The fraction of sp³-hybridized carbons (Fsp3) is 0.370. The number of nitrogens with zero attached hydrogens (tertiary/aromatic N) is 2. The van der Waals surface area contributed by atoms with Crippen molar-refractivity contribution in [1.29, 1.82) is 5.41 Å². The summed E-state index contributed by atoms with van der Waals surface area (Å²) in [5.74, 6) is 0.877. The molecule has 3 heterocycles. The van der Waals surface area contributed by atoms with Gasteiger partial charge in [0.05, 0.1) is 19.4 Å². The van der Waals surface area contributed by atoms with E-state index in [-0.39, 0.29) is 30.4 Å². The van der Waals surface area contributed by atoms with Crippen molar-refractivity contribution >= 4 is 5.84 Å². The van der Waals surface area contributed by atoms with Crippen molar-refractivity contribution < 1.29 is 18.6 Å². The molecule has 186 valence electrons. The van der Waals surface area contributed by atoms with Crippen LogP contribution in [0.3, 0.4) is 0 Å². The molecule has 0 saturated heterocycles. The van der Waals surface area contributed by atoms with Gasteiger partial charge in [-0.2, -0.15) is 4.39 Å². The third-order valence-corrected chi connectivity index (χ3v) is 5.12. The van der Waals surface area contributed by atoms with Crippen LogP contribution in [0.1, 0.15) is 51.7 Å². The predicted octanol–water partition coefficient (Wildman–Crippen LogP) is 5.92. The number of ether oxygens (including phenoxy) is 3. The molecule has 0 spiro atoms. The molecular weight excluding hydrogens is 447 g/mol. The largest absolute Gasteiger partial charge is 0.477 e. The number of rotatable bonds is 7. The number of fused-ring (bicyclic) bond motifs is 2. The van der Waals surface area contributed by atoms with Crippen LogP contribution in [0.4, 0.5) is 4.39 Å². The maximum Gasteiger partial charge on any atom is 0.220 e. The first-order chi connectivity index (χ1) is 16.7. The molecule has 4 rings (SSSR count). The highest BCUT2D eigenvalue weighted by Crippen LogP contribution is 2.46. The standard InChI is InChI=1S/C25H27FN4O3.C2H6/c1-25(2,3)14-32-23-10-18-19(12-31-13-22(27)28)17-9-15(16-5-4-8-29-24(16)26)6-7-20(17)33-21(18)11-30-23;1-2/h4-11,19H,12-14H2,1-3H3,(H3,27,28);1-2H3. The Morgan fingerprint density at radius 2 is 1.86 bits per heavy atom. The lowest BCUT2D eigenvalue weighted by Crippen LogP contribution is -2.22. The molecule has 0 amide bonds. The zero-order valence-corrected chi connectivity index (χ0v) is 20.9. The number of hydrogen-bond donors (Lipinski definition) is 2. The second-order valence-electron chi connectivity index (χ2n) is 9.20. The molecular formula is C27H33FN4O3. The average Bonchev–Trinajstić information content (AvgIpc) is 2.83. The van der Waals surface area contributed by atoms with E-state index in [1.54, 1.807) is 24.4 Å². The van der Waals surface area contributed by atoms with E-state index >= 15 is 0 Å². The van der Waals surface area contributed by atoms with Crippen molar-refractivity contribution in [2.75, 3.05) is 19.8 Å². The number of nitrogens with one attached hydrogen (secondary N) is 1. The van der Waals surface area contributed by atoms with Crippen molar-refractivity contribution in [1.82, 2.24) is 9.97 Å². The van der Waals surface area contributed by atoms with Crippen LogP contribution in [0.15, 0.2) is 48.8 Å². The minimum absolute atomic E-state index is 0.0113. The summed E-state index contributed by atoms with van der Waals surface area (Å²) in [6.07, 6.45) is 3.06. The zero-order chi connectivity index (χ0) is 25.6. The van der Waals surface area contributed by atoms with E-state index in [4.69, 9.17) is 25.4 Å². The second kappa shape index (κ2) is 11.3. The van der Waals surface area contributed by atoms with E-state index in [0.29, 0.717) is 35.1 Å². The topological polar surface area (TPSA) is 103 Å². The summed E-state index contributed by atoms with van der Waals surface area (Å²) in [4.78, 5) is 8.15. The van der Waals surface area contributed by atoms with E-state index < -0.39 is 5.95 Å². The Morgan fingerprint density at radius 1 is 1.11 bits per heavy atom. The van der Waals surface area contributed by atoms with E-state index in [9.17, 15) is 4.39 Å². The highest BCUT2D eigenvalue weighted by atomic mass is 19.1. The molecule has 7 nitrogen and oxygen atoms in total. The lowest BCUT2D eigenvalue weighted by atomic mass is 9.87. The molecule has 0 radical (unpaired) electrons. The summed E-state index contributed by atoms with van der Waals surface area (Å²) in [5, 5.41) is 7.47. The van der Waals surface area contributed by atoms with Crippen molar-refractivity contribution in [3.63, 3.8) is 0 Å². The monoisotopic (exact) mass is 480 g/mol. The van der Waals surface area contributed by atoms with Gasteiger partial charge in [0.1, 0.15) is 23.9 Å². The number of halogens is 1. The summed E-state index contributed by atoms with van der Waals surface area (Å²) in [5.41, 5.74) is 8.21. The van der Waals surface area contributed by atoms with Gasteiger partial charge >= 0.3 is 0 Å². The average molecular weight is 481 g/mol. The van der Waals surface area contributed by atoms with Crippen molar-refractivity contribution in [3.05, 3.63) is 65.9 Å². The van der Waals surface area contributed by atoms with Gasteiger partial charge < -0.3 is 19.9 Å². The maximum absolute atomic E-state index is 14.3. The maximum atomic E-state index is 14.3. The molecule has 1 aliphatic rings. The highest BCUT2D eigenvalue weighted by molar-refractivity contribution is 5.78. The first-order valence-corrected chi connectivity index (χ1v) is 11.7. The number of pyridine rings is 2. The molecule has 2 aromatic heterocycles. The Hall–Kier alpha value is -3.52. The van der Waals surface area contributed by atoms with Crippen LogP contribution in [-0.2, 0) is 4.74 Å². The number of benzene rings is 1. The summed E-state index contributed by atoms with van der Waals surface area (Å²) in [6.45, 7) is 11.0. The molecule has 0 bridgehead atoms. The summed E-state index contributed by atoms with van der Waals surface area (Å²) >= 11 is 0. The van der Waals surface area contributed by atoms with E-state index in [1.807, 2.05) is 32.0 Å². The molecule has 1 atom stereocenters. The van der Waals surface area contributed by atoms with Crippen LogP contribution in [0.5, 0.6) is 17.4 Å². The lowest BCUT2D eigenvalue weighted by molar-refractivity contribution is 0.158. The molecule has 8 heteroatoms. The van der Waals surface area contributed by atoms with Gasteiger partial charge in [-0.15, -0.1) is 0 Å². The van der Waals surface area contributed by atoms with Crippen LogP contribution in [0.2, 0.25) is 0 Å². The van der Waals surface area contributed by atoms with Gasteiger partial charge in [-0.05, 0) is 35.2 Å². The number of amidine groups is 1. The van der Waals surface area contributed by atoms with Gasteiger partial charge in [-0.25, -0.2) is 9.97 Å². The summed E-state index contributed by atoms with van der Waals surface area (Å²) < 4.78 is 32.1. The number of aromatic nitrogens is 2. The first kappa shape index (κ1) is 26.1. The molecule has 35 heavy (non-hydrogen) atoms. The SMILES string of the molecule is CC.CC(C)(C)COc1cc2c(cn1)Oc1ccc(-c3cccnc3F)cc1C2COCC(=N)N. The lowest BCUT2D eigenvalue weighted by Gasteiger charge is -2.29. The van der Waals surface area contributed by atoms with Crippen molar-refractivity contribution in [2.45, 2.75) is 40.5 Å². The third kappa shape index (κ3) is 6.54. The molecule has 3 aromatic rings. The minimum Gasteiger partial charge on any atom is -0.477 e. The van der Waals surface area contributed by atoms with E-state index in [2.05, 4.69) is 30.7 Å². The zero-order valence-electron chi connectivity index (χ0n) is 20.9. The molecule has 1 unspecified atom stereocenters. The Morgan fingerprint density at radius 3 is 2.54 bits per heavy atom. The molecule has 0 fully saturated rings. The summed E-state index contributed by atoms with van der Waals surface area (Å²) in [6, 6.07) is 10.7. The van der Waals surface area contributed by atoms with Crippen molar-refractivity contribution in [3.8, 4) is 28.5 Å². The van der Waals surface area contributed by atoms with Gasteiger partial charge in [0.2, 0.25) is 11.8 Å². The number of nitrogens with two attached hydrogens (primary N) is 1. The fourth-order valence-corrected chi connectivity index (χ4v) is 3.60. The molecule has 0 saturated carbocycles. The van der Waals surface area contributed by atoms with Gasteiger partial charge in [0.25, 0.3) is 0 Å². The fourth-order valence-electron chi connectivity index (χ4n) is 3.60. The number of hydrogen-bond acceptors (Lipinski definition) is 6. The van der Waals surface area contributed by atoms with Crippen molar-refractivity contribution in [2.24, 2.45) is 11.1 Å². The highest BCUT2D eigenvalue weighted by Gasteiger charge is 2.30. The molecule has 1 aliphatic heterocycles. The van der Waals surface area contributed by atoms with E-state index in [0.717, 1.165) is 11.1 Å². The summed E-state index contributed by atoms with van der Waals surface area (Å²) in [7, 11) is 0. The van der Waals surface area contributed by atoms with Crippen LogP contribution in [0.25, 0.3) is 11.1 Å². The molecule has 0 aliphatic carbocycles. The van der Waals surface area contributed by atoms with Crippen LogP contribution < -0.4 is 15.2 Å². The Bertz CT molecular complexity index is 1180. The van der Waals surface area contributed by atoms with Crippen LogP contribution >= 0.6 is 0 Å². The van der Waals surface area contributed by atoms with Gasteiger partial charge in [0, 0.05) is 34.9 Å². The predicted molar refractivity (Wildman–Crippen MR) is 135 cm³/mol. The normalized spacial score (nSPS) is 14.1. The second-order valence-corrected chi connectivity index (χ2v) is 9.20. The quantitative estimate of drug-likeness (QED) is 0.247. The molecule has 3 N–H and O–H groups in total. The van der Waals surface area contributed by atoms with Crippen LogP contribution in [-0.4, -0.2) is 35.6 Å². The molecule has 1 aromatic carbocycles.